The van der Waals surface area contributed by atoms with Gasteiger partial charge in [-0.2, -0.15) is 0 Å². The molecule has 0 aliphatic heterocycles. The molecule has 23 heavy (non-hydrogen) atoms. The van der Waals surface area contributed by atoms with Gasteiger partial charge in [-0.25, -0.2) is 9.78 Å². The summed E-state index contributed by atoms with van der Waals surface area (Å²) < 4.78 is 9.76. The zero-order valence-corrected chi connectivity index (χ0v) is 13.0. The number of esters is 1. The van der Waals surface area contributed by atoms with E-state index in [9.17, 15) is 9.59 Å². The number of pyridine rings is 1. The molecule has 1 atom stereocenters. The van der Waals surface area contributed by atoms with Crippen molar-refractivity contribution in [1.29, 1.82) is 0 Å². The van der Waals surface area contributed by atoms with Gasteiger partial charge in [0, 0.05) is 24.2 Å². The largest absolute Gasteiger partial charge is 0.481 e. The number of aromatic nitrogens is 1. The molecule has 0 radical (unpaired) electrons. The minimum absolute atomic E-state index is 0.280. The molecule has 0 aliphatic rings. The van der Waals surface area contributed by atoms with E-state index in [1.54, 1.807) is 42.6 Å². The molecule has 6 heteroatoms. The van der Waals surface area contributed by atoms with E-state index in [2.05, 4.69) is 10.3 Å². The van der Waals surface area contributed by atoms with E-state index in [0.717, 1.165) is 5.56 Å². The zero-order chi connectivity index (χ0) is 16.7. The number of nitrogens with one attached hydrogen (secondary N) is 1. The topological polar surface area (TPSA) is 77.5 Å². The van der Waals surface area contributed by atoms with Crippen LogP contribution in [0.2, 0.25) is 0 Å². The summed E-state index contributed by atoms with van der Waals surface area (Å²) in [6.07, 6.45) is 1.88. The second kappa shape index (κ2) is 7.93. The summed E-state index contributed by atoms with van der Waals surface area (Å²) in [5.41, 5.74) is 1.27. The Balaban J connectivity index is 2.10. The zero-order valence-electron chi connectivity index (χ0n) is 13.0. The molecule has 0 saturated carbocycles. The Kier molecular flexibility index (Phi) is 5.68. The van der Waals surface area contributed by atoms with Crippen LogP contribution in [0, 0.1) is 0 Å². The number of benzene rings is 1. The van der Waals surface area contributed by atoms with Crippen LogP contribution in [0.15, 0.2) is 48.7 Å². The standard InChI is InChI=1S/C17H18N2O4/c1-22-15-9-8-12(11-18-15)10-14(17(21)23-2)19-16(20)13-6-4-3-5-7-13/h3-9,11,14H,10H2,1-2H3,(H,19,20)/t14-/m1/s1. The van der Waals surface area contributed by atoms with Crippen molar-refractivity contribution < 1.29 is 19.1 Å². The van der Waals surface area contributed by atoms with E-state index < -0.39 is 12.0 Å². The highest BCUT2D eigenvalue weighted by Crippen LogP contribution is 2.10. The van der Waals surface area contributed by atoms with Gasteiger partial charge in [-0.15, -0.1) is 0 Å². The number of carbonyl (C=O) groups excluding carboxylic acids is 2. The molecule has 0 bridgehead atoms. The smallest absolute Gasteiger partial charge is 0.328 e. The van der Waals surface area contributed by atoms with Crippen molar-refractivity contribution in [3.05, 3.63) is 59.8 Å². The molecule has 0 unspecified atom stereocenters. The first-order valence-corrected chi connectivity index (χ1v) is 7.06. The lowest BCUT2D eigenvalue weighted by Crippen LogP contribution is -2.43. The predicted molar refractivity (Wildman–Crippen MR) is 84.2 cm³/mol. The van der Waals surface area contributed by atoms with Crippen LogP contribution < -0.4 is 10.1 Å². The third kappa shape index (κ3) is 4.54. The quantitative estimate of drug-likeness (QED) is 0.820. The molecule has 2 rings (SSSR count). The number of nitrogens with zero attached hydrogens (tertiary/aromatic N) is 1. The number of hydrogen-bond donors (Lipinski definition) is 1. The fraction of sp³-hybridized carbons (Fsp3) is 0.235. The van der Waals surface area contributed by atoms with Gasteiger partial charge in [0.25, 0.3) is 5.91 Å². The van der Waals surface area contributed by atoms with Gasteiger partial charge in [-0.3, -0.25) is 4.79 Å². The van der Waals surface area contributed by atoms with Gasteiger partial charge in [0.05, 0.1) is 14.2 Å². The molecule has 6 nitrogen and oxygen atoms in total. The molecular formula is C17H18N2O4. The Hall–Kier alpha value is -2.89. The molecule has 0 saturated heterocycles. The number of ether oxygens (including phenoxy) is 2. The summed E-state index contributed by atoms with van der Waals surface area (Å²) in [4.78, 5) is 28.2. The number of methoxy groups -OCH3 is 2. The number of amides is 1. The van der Waals surface area contributed by atoms with E-state index in [1.807, 2.05) is 6.07 Å². The highest BCUT2D eigenvalue weighted by atomic mass is 16.5. The number of carbonyl (C=O) groups is 2. The van der Waals surface area contributed by atoms with E-state index in [-0.39, 0.29) is 12.3 Å². The Bertz CT molecular complexity index is 656. The van der Waals surface area contributed by atoms with Crippen molar-refractivity contribution in [3.8, 4) is 5.88 Å². The van der Waals surface area contributed by atoms with Crippen LogP contribution in [0.5, 0.6) is 5.88 Å². The number of hydrogen-bond acceptors (Lipinski definition) is 5. The summed E-state index contributed by atoms with van der Waals surface area (Å²) in [7, 11) is 2.82. The average molecular weight is 314 g/mol. The minimum Gasteiger partial charge on any atom is -0.481 e. The van der Waals surface area contributed by atoms with Crippen LogP contribution >= 0.6 is 0 Å². The van der Waals surface area contributed by atoms with Crippen LogP contribution in [0.4, 0.5) is 0 Å². The molecule has 0 fully saturated rings. The number of rotatable bonds is 6. The summed E-state index contributed by atoms with van der Waals surface area (Å²) in [5, 5.41) is 2.69. The third-order valence-electron chi connectivity index (χ3n) is 3.27. The van der Waals surface area contributed by atoms with Gasteiger partial charge >= 0.3 is 5.97 Å². The maximum Gasteiger partial charge on any atom is 0.328 e. The highest BCUT2D eigenvalue weighted by molar-refractivity contribution is 5.96. The van der Waals surface area contributed by atoms with E-state index in [1.165, 1.54) is 14.2 Å². The second-order valence-electron chi connectivity index (χ2n) is 4.83. The lowest BCUT2D eigenvalue weighted by molar-refractivity contribution is -0.142. The van der Waals surface area contributed by atoms with Crippen molar-refractivity contribution in [2.24, 2.45) is 0 Å². The lowest BCUT2D eigenvalue weighted by atomic mass is 10.1. The SMILES string of the molecule is COC(=O)[C@@H](Cc1ccc(OC)nc1)NC(=O)c1ccccc1. The summed E-state index contributed by atoms with van der Waals surface area (Å²) in [6, 6.07) is 11.4. The first-order chi connectivity index (χ1) is 11.1. The van der Waals surface area contributed by atoms with Gasteiger partial charge in [0.15, 0.2) is 0 Å². The van der Waals surface area contributed by atoms with Gasteiger partial charge in [0.2, 0.25) is 5.88 Å². The van der Waals surface area contributed by atoms with E-state index in [0.29, 0.717) is 11.4 Å². The molecular weight excluding hydrogens is 296 g/mol. The van der Waals surface area contributed by atoms with Crippen LogP contribution in [0.1, 0.15) is 15.9 Å². The molecule has 1 aromatic heterocycles. The maximum atomic E-state index is 12.2. The third-order valence-corrected chi connectivity index (χ3v) is 3.27. The fourth-order valence-electron chi connectivity index (χ4n) is 2.05. The van der Waals surface area contributed by atoms with Crippen molar-refractivity contribution >= 4 is 11.9 Å². The monoisotopic (exact) mass is 314 g/mol. The predicted octanol–water partition coefficient (Wildman–Crippen LogP) is 1.60. The second-order valence-corrected chi connectivity index (χ2v) is 4.83. The van der Waals surface area contributed by atoms with Crippen LogP contribution in [0.25, 0.3) is 0 Å². The van der Waals surface area contributed by atoms with Crippen molar-refractivity contribution in [2.75, 3.05) is 14.2 Å². The van der Waals surface area contributed by atoms with Crippen molar-refractivity contribution in [3.63, 3.8) is 0 Å². The summed E-state index contributed by atoms with van der Waals surface area (Å²) in [5.74, 6) is -0.357. The Morgan fingerprint density at radius 2 is 1.87 bits per heavy atom. The molecule has 0 spiro atoms. The molecule has 2 aromatic rings. The molecule has 120 valence electrons. The van der Waals surface area contributed by atoms with Crippen LogP contribution in [0.3, 0.4) is 0 Å². The molecule has 1 N–H and O–H groups in total. The van der Waals surface area contributed by atoms with Crippen LogP contribution in [-0.2, 0) is 16.0 Å². The first kappa shape index (κ1) is 16.5. The molecule has 1 aromatic carbocycles. The van der Waals surface area contributed by atoms with Gasteiger partial charge < -0.3 is 14.8 Å². The minimum atomic E-state index is -0.789. The van der Waals surface area contributed by atoms with Gasteiger partial charge in [0.1, 0.15) is 6.04 Å². The summed E-state index contributed by atoms with van der Waals surface area (Å²) in [6.45, 7) is 0. The van der Waals surface area contributed by atoms with Crippen molar-refractivity contribution in [1.82, 2.24) is 10.3 Å². The Morgan fingerprint density at radius 1 is 1.13 bits per heavy atom. The fourth-order valence-corrected chi connectivity index (χ4v) is 2.05. The Morgan fingerprint density at radius 3 is 2.43 bits per heavy atom. The van der Waals surface area contributed by atoms with Gasteiger partial charge in [-0.1, -0.05) is 24.3 Å². The highest BCUT2D eigenvalue weighted by Gasteiger charge is 2.22. The normalized spacial score (nSPS) is 11.4. The van der Waals surface area contributed by atoms with Crippen molar-refractivity contribution in [2.45, 2.75) is 12.5 Å². The summed E-state index contributed by atoms with van der Waals surface area (Å²) >= 11 is 0. The average Bonchev–Trinajstić information content (AvgIpc) is 2.61. The first-order valence-electron chi connectivity index (χ1n) is 7.06. The van der Waals surface area contributed by atoms with Crippen LogP contribution in [-0.4, -0.2) is 37.1 Å². The lowest BCUT2D eigenvalue weighted by Gasteiger charge is -2.16. The van der Waals surface area contributed by atoms with E-state index in [4.69, 9.17) is 9.47 Å². The molecule has 0 aliphatic carbocycles. The molecule has 1 amide bonds. The van der Waals surface area contributed by atoms with E-state index >= 15 is 0 Å². The maximum absolute atomic E-state index is 12.2. The Labute approximate surface area is 134 Å². The molecule has 1 heterocycles. The van der Waals surface area contributed by atoms with Gasteiger partial charge in [-0.05, 0) is 17.7 Å².